The van der Waals surface area contributed by atoms with Crippen LogP contribution < -0.4 is 5.32 Å². The molecule has 2 bridgehead atoms. The maximum atomic E-state index is 13.3. The highest BCUT2D eigenvalue weighted by Crippen LogP contribution is 2.30. The van der Waals surface area contributed by atoms with Crippen LogP contribution in [0, 0.1) is 5.92 Å². The molecule has 142 valence electrons. The van der Waals surface area contributed by atoms with Gasteiger partial charge in [0.2, 0.25) is 5.91 Å². The van der Waals surface area contributed by atoms with Gasteiger partial charge in [-0.25, -0.2) is 0 Å². The summed E-state index contributed by atoms with van der Waals surface area (Å²) in [5.41, 5.74) is 2.65. The fraction of sp³-hybridized carbons (Fsp3) is 0.458. The average Bonchev–Trinajstić information content (AvgIpc) is 2.96. The van der Waals surface area contributed by atoms with Crippen molar-refractivity contribution in [3.05, 3.63) is 71.8 Å². The zero-order chi connectivity index (χ0) is 18.5. The van der Waals surface area contributed by atoms with E-state index in [0.717, 1.165) is 38.8 Å². The molecule has 2 aliphatic rings. The molecule has 0 radical (unpaired) electrons. The summed E-state index contributed by atoms with van der Waals surface area (Å²) in [6.45, 7) is 2.01. The Bertz CT molecular complexity index is 675. The first-order valence-electron chi connectivity index (χ1n) is 10.4. The van der Waals surface area contributed by atoms with Gasteiger partial charge >= 0.3 is 0 Å². The molecule has 2 fully saturated rings. The molecule has 2 aromatic carbocycles. The summed E-state index contributed by atoms with van der Waals surface area (Å²) < 4.78 is 0. The molecule has 4 rings (SSSR count). The lowest BCUT2D eigenvalue weighted by Crippen LogP contribution is -2.43. The van der Waals surface area contributed by atoms with Crippen molar-refractivity contribution in [2.45, 2.75) is 50.6 Å². The van der Waals surface area contributed by atoms with Gasteiger partial charge in [0.1, 0.15) is 0 Å². The van der Waals surface area contributed by atoms with Crippen molar-refractivity contribution in [2.75, 3.05) is 13.1 Å². The Morgan fingerprint density at radius 3 is 2.11 bits per heavy atom. The van der Waals surface area contributed by atoms with E-state index in [0.29, 0.717) is 30.3 Å². The summed E-state index contributed by atoms with van der Waals surface area (Å²) in [5, 5.41) is 3.50. The van der Waals surface area contributed by atoms with Gasteiger partial charge in [-0.2, -0.15) is 0 Å². The molecule has 3 nitrogen and oxygen atoms in total. The third-order valence-corrected chi connectivity index (χ3v) is 6.14. The molecular formula is C24H30N2O. The lowest BCUT2D eigenvalue weighted by Gasteiger charge is -2.30. The van der Waals surface area contributed by atoms with Gasteiger partial charge in [-0.1, -0.05) is 60.7 Å². The number of fused-ring (bicyclic) bond motifs is 2. The van der Waals surface area contributed by atoms with Crippen LogP contribution in [-0.4, -0.2) is 36.0 Å². The third-order valence-electron chi connectivity index (χ3n) is 6.14. The normalized spacial score (nSPS) is 22.0. The van der Waals surface area contributed by atoms with E-state index in [9.17, 15) is 4.79 Å². The molecule has 2 heterocycles. The van der Waals surface area contributed by atoms with Gasteiger partial charge in [0.05, 0.1) is 0 Å². The minimum Gasteiger partial charge on any atom is -0.335 e. The Balaban J connectivity index is 1.48. The molecule has 2 unspecified atom stereocenters. The summed E-state index contributed by atoms with van der Waals surface area (Å²) in [5.74, 6) is 0.709. The highest BCUT2D eigenvalue weighted by molar-refractivity contribution is 5.77. The fourth-order valence-electron chi connectivity index (χ4n) is 4.85. The van der Waals surface area contributed by atoms with Crippen molar-refractivity contribution in [2.24, 2.45) is 5.92 Å². The van der Waals surface area contributed by atoms with Gasteiger partial charge in [-0.15, -0.1) is 0 Å². The Labute approximate surface area is 162 Å². The lowest BCUT2D eigenvalue weighted by atomic mass is 9.89. The summed E-state index contributed by atoms with van der Waals surface area (Å²) in [7, 11) is 0. The molecule has 0 aromatic heterocycles. The number of carbonyl (C=O) groups is 1. The number of amides is 1. The standard InChI is InChI=1S/C24H30N2O/c27-24(26-22-11-12-23(26)18-25-14-13-22)17-21(15-19-7-3-1-4-8-19)16-20-9-5-2-6-10-20/h1-10,21-23,25H,11-18H2. The number of rotatable bonds is 6. The molecule has 2 atom stereocenters. The zero-order valence-electron chi connectivity index (χ0n) is 16.0. The molecule has 0 spiro atoms. The van der Waals surface area contributed by atoms with E-state index >= 15 is 0 Å². The van der Waals surface area contributed by atoms with Crippen molar-refractivity contribution in [3.8, 4) is 0 Å². The molecular weight excluding hydrogens is 332 g/mol. The predicted octanol–water partition coefficient (Wildman–Crippen LogP) is 3.83. The topological polar surface area (TPSA) is 32.3 Å². The second-order valence-electron chi connectivity index (χ2n) is 8.13. The van der Waals surface area contributed by atoms with Crippen LogP contribution in [0.5, 0.6) is 0 Å². The Hall–Kier alpha value is -2.13. The van der Waals surface area contributed by atoms with Crippen molar-refractivity contribution in [1.82, 2.24) is 10.2 Å². The highest BCUT2D eigenvalue weighted by atomic mass is 16.2. The predicted molar refractivity (Wildman–Crippen MR) is 110 cm³/mol. The summed E-state index contributed by atoms with van der Waals surface area (Å²) >= 11 is 0. The number of hydrogen-bond donors (Lipinski definition) is 1. The Morgan fingerprint density at radius 2 is 1.48 bits per heavy atom. The van der Waals surface area contributed by atoms with Gasteiger partial charge in [0.25, 0.3) is 0 Å². The summed E-state index contributed by atoms with van der Waals surface area (Å²) in [6.07, 6.45) is 6.01. The maximum Gasteiger partial charge on any atom is 0.223 e. The van der Waals surface area contributed by atoms with Crippen LogP contribution in [0.2, 0.25) is 0 Å². The molecule has 2 aliphatic heterocycles. The van der Waals surface area contributed by atoms with Crippen LogP contribution in [-0.2, 0) is 17.6 Å². The second kappa shape index (κ2) is 8.71. The highest BCUT2D eigenvalue weighted by Gasteiger charge is 2.38. The average molecular weight is 363 g/mol. The van der Waals surface area contributed by atoms with Gasteiger partial charge in [0.15, 0.2) is 0 Å². The Kier molecular flexibility index (Phi) is 5.88. The zero-order valence-corrected chi connectivity index (χ0v) is 16.0. The first kappa shape index (κ1) is 18.2. The van der Waals surface area contributed by atoms with E-state index < -0.39 is 0 Å². The quantitative estimate of drug-likeness (QED) is 0.847. The minimum atomic E-state index is 0.345. The molecule has 1 N–H and O–H groups in total. The minimum absolute atomic E-state index is 0.345. The van der Waals surface area contributed by atoms with E-state index in [1.54, 1.807) is 0 Å². The van der Waals surface area contributed by atoms with E-state index in [2.05, 4.69) is 70.9 Å². The van der Waals surface area contributed by atoms with Crippen LogP contribution in [0.1, 0.15) is 36.8 Å². The first-order chi connectivity index (χ1) is 13.3. The number of benzene rings is 2. The molecule has 27 heavy (non-hydrogen) atoms. The van der Waals surface area contributed by atoms with Crippen LogP contribution in [0.4, 0.5) is 0 Å². The molecule has 3 heteroatoms. The van der Waals surface area contributed by atoms with E-state index in [1.165, 1.54) is 17.5 Å². The number of nitrogens with one attached hydrogen (secondary N) is 1. The van der Waals surface area contributed by atoms with Crippen LogP contribution in [0.3, 0.4) is 0 Å². The van der Waals surface area contributed by atoms with Crippen molar-refractivity contribution >= 4 is 5.91 Å². The maximum absolute atomic E-state index is 13.3. The molecule has 2 aromatic rings. The summed E-state index contributed by atoms with van der Waals surface area (Å²) in [4.78, 5) is 15.5. The van der Waals surface area contributed by atoms with Gasteiger partial charge in [-0.3, -0.25) is 4.79 Å². The van der Waals surface area contributed by atoms with Crippen LogP contribution in [0.25, 0.3) is 0 Å². The van der Waals surface area contributed by atoms with Crippen LogP contribution in [0.15, 0.2) is 60.7 Å². The number of hydrogen-bond acceptors (Lipinski definition) is 2. The smallest absolute Gasteiger partial charge is 0.223 e. The molecule has 2 saturated heterocycles. The fourth-order valence-corrected chi connectivity index (χ4v) is 4.85. The van der Waals surface area contributed by atoms with Gasteiger partial charge < -0.3 is 10.2 Å². The largest absolute Gasteiger partial charge is 0.335 e. The molecule has 0 saturated carbocycles. The summed E-state index contributed by atoms with van der Waals surface area (Å²) in [6, 6.07) is 22.1. The van der Waals surface area contributed by atoms with Gasteiger partial charge in [0, 0.05) is 25.0 Å². The first-order valence-corrected chi connectivity index (χ1v) is 10.4. The van der Waals surface area contributed by atoms with Crippen molar-refractivity contribution < 1.29 is 4.79 Å². The van der Waals surface area contributed by atoms with E-state index in [-0.39, 0.29) is 0 Å². The molecule has 0 aliphatic carbocycles. The van der Waals surface area contributed by atoms with Crippen LogP contribution >= 0.6 is 0 Å². The SMILES string of the molecule is O=C(CC(Cc1ccccc1)Cc1ccccc1)N1C2CCNCC1CC2. The number of nitrogens with zero attached hydrogens (tertiary/aromatic N) is 1. The van der Waals surface area contributed by atoms with Gasteiger partial charge in [-0.05, 0) is 55.7 Å². The number of carbonyl (C=O) groups excluding carboxylic acids is 1. The molecule has 1 amide bonds. The van der Waals surface area contributed by atoms with E-state index in [1.807, 2.05) is 0 Å². The van der Waals surface area contributed by atoms with Crippen molar-refractivity contribution in [1.29, 1.82) is 0 Å². The second-order valence-corrected chi connectivity index (χ2v) is 8.13. The van der Waals surface area contributed by atoms with Crippen molar-refractivity contribution in [3.63, 3.8) is 0 Å². The third kappa shape index (κ3) is 4.59. The lowest BCUT2D eigenvalue weighted by molar-refractivity contribution is -0.134. The van der Waals surface area contributed by atoms with E-state index in [4.69, 9.17) is 0 Å². The monoisotopic (exact) mass is 362 g/mol. The Morgan fingerprint density at radius 1 is 0.889 bits per heavy atom.